The molecule has 10 heterocycles. The molecule has 0 aromatic heterocycles. The molecule has 10 aliphatic heterocycles. The molecule has 17 unspecified atom stereocenters. The van der Waals surface area contributed by atoms with Crippen molar-refractivity contribution in [1.82, 2.24) is 24.5 Å². The van der Waals surface area contributed by atoms with E-state index in [1.165, 1.54) is 47.6 Å². The van der Waals surface area contributed by atoms with E-state index in [0.717, 1.165) is 31.8 Å². The quantitative estimate of drug-likeness (QED) is 0.0491. The van der Waals surface area contributed by atoms with Crippen molar-refractivity contribution in [1.29, 1.82) is 0 Å². The molecule has 640 valence electrons. The number of piperidine rings is 5. The van der Waals surface area contributed by atoms with Crippen LogP contribution < -0.4 is 47.4 Å². The van der Waals surface area contributed by atoms with Crippen LogP contribution in [0.3, 0.4) is 0 Å². The van der Waals surface area contributed by atoms with Crippen LogP contribution in [0.2, 0.25) is 0 Å². The molecule has 20 heteroatoms. The normalized spacial score (nSPS) is 41.4. The van der Waals surface area contributed by atoms with E-state index in [-0.39, 0.29) is 210 Å². The minimum absolute atomic E-state index is 0.0106. The summed E-state index contributed by atoms with van der Waals surface area (Å²) < 4.78 is 424. The van der Waals surface area contributed by atoms with Crippen LogP contribution in [-0.4, -0.2) is 217 Å². The second-order valence-corrected chi connectivity index (χ2v) is 31.3. The van der Waals surface area contributed by atoms with Gasteiger partial charge in [-0.2, -0.15) is 0 Å². The molecule has 5 aromatic rings. The molecule has 5 fully saturated rings. The molecule has 115 heavy (non-hydrogen) atoms. The van der Waals surface area contributed by atoms with Crippen molar-refractivity contribution in [3.8, 4) is 57.5 Å². The number of aliphatic hydroxyl groups excluding tert-OH is 2. The highest BCUT2D eigenvalue weighted by atomic mass is 16.5. The predicted molar refractivity (Wildman–Crippen MR) is 456 cm³/mol. The second-order valence-electron chi connectivity index (χ2n) is 31.3. The van der Waals surface area contributed by atoms with E-state index in [0.29, 0.717) is 74.5 Å². The van der Waals surface area contributed by atoms with Crippen molar-refractivity contribution in [3.63, 3.8) is 0 Å². The lowest BCUT2D eigenvalue weighted by atomic mass is 9.79. The monoisotopic (exact) mass is 1640 g/mol. The fraction of sp³-hybridized carbons (Fsp3) is 0.684. The number of aliphatic hydroxyl groups is 5. The number of nitrogens with zero attached hydrogens (tertiary/aromatic N) is 5. The maximum absolute atomic E-state index is 11.3. The molecule has 0 saturated carbocycles. The first-order valence-corrected chi connectivity index (χ1v) is 39.0. The van der Waals surface area contributed by atoms with E-state index in [1.807, 2.05) is 18.7 Å². The summed E-state index contributed by atoms with van der Waals surface area (Å²) in [5.74, 6) is -15.2. The molecule has 5 aromatic carbocycles. The lowest BCUT2D eigenvalue weighted by molar-refractivity contribution is -0.0192. The Balaban J connectivity index is 0.000000189. The third-order valence-corrected chi connectivity index (χ3v) is 21.9. The molecule has 5 N–H and O–H groups in total. The fourth-order valence-corrected chi connectivity index (χ4v) is 16.6. The van der Waals surface area contributed by atoms with Crippen LogP contribution in [0.4, 0.5) is 0 Å². The van der Waals surface area contributed by atoms with Gasteiger partial charge in [-0.05, 0) is 271 Å². The van der Waals surface area contributed by atoms with Crippen molar-refractivity contribution in [3.05, 3.63) is 116 Å². The fourth-order valence-electron chi connectivity index (χ4n) is 16.6. The van der Waals surface area contributed by atoms with E-state index < -0.39 is 199 Å². The Kier molecular flexibility index (Phi) is 16.6. The minimum atomic E-state index is -3.69. The zero-order valence-corrected chi connectivity index (χ0v) is 68.5. The molecule has 20 nitrogen and oxygen atoms in total. The molecule has 15 rings (SSSR count). The SMILES string of the molecule is [2H]c1c2c(c([2H])c(OC([2H])([2H])[2H])c1OC)C1([2H])CC(O)C(CC(C)C)CN1CC2.[2H]c1c2c(c([2H])c(OC([2H])([2H])[2H])c1OC)C1N(CC2)CC([2H])(C([2H])([2H])C([2H])(C)C([2H])([2H])[2H])C([2H])(O)C1([2H])[2H].[2H]c1c2c(c([2H])c(OC([2H])([2H])[2H])c1OC)C1N(CC2)CC([2H])(CC(C)C)C([2H])(O)C1([2H])[2H].[2H]c1c2c(c([2H])c(OC)c1OC)C1([2H])CC(O)C(CC(C)C)CN1CC2.[2H]c1c2c(c([2H])c(OC)c1OC)C1N(CC2)CC([2H])(C([2H])([2H])C([2H])(C)C([2H])([2H])[2H])C([2H])(O)C1([2H])[2H]. The van der Waals surface area contributed by atoms with Crippen molar-refractivity contribution in [2.24, 2.45) is 59.1 Å². The zero-order valence-electron chi connectivity index (χ0n) is 113. The van der Waals surface area contributed by atoms with Crippen molar-refractivity contribution in [2.45, 2.75) is 226 Å². The topological polar surface area (TPSA) is 210 Å². The average molecular weight is 1640 g/mol. The van der Waals surface area contributed by atoms with Crippen LogP contribution >= 0.6 is 0 Å². The molecular formula is C95H145N5O15. The lowest BCUT2D eigenvalue weighted by Gasteiger charge is -2.46. The number of ether oxygens (including phenoxy) is 10. The average Bonchev–Trinajstić information content (AvgIpc) is 0.672. The Morgan fingerprint density at radius 2 is 0.635 bits per heavy atom. The molecule has 0 amide bonds. The smallest absolute Gasteiger partial charge is 0.161 e. The van der Waals surface area contributed by atoms with E-state index in [2.05, 4.69) is 32.6 Å². The van der Waals surface area contributed by atoms with Gasteiger partial charge in [0.15, 0.2) is 57.5 Å². The summed E-state index contributed by atoms with van der Waals surface area (Å²) in [5, 5.41) is 55.1. The molecule has 0 bridgehead atoms. The highest BCUT2D eigenvalue weighted by Gasteiger charge is 2.45. The second kappa shape index (κ2) is 40.6. The first-order chi connectivity index (χ1) is 72.6. The molecule has 17 atom stereocenters. The minimum Gasteiger partial charge on any atom is -0.493 e. The van der Waals surface area contributed by atoms with Crippen molar-refractivity contribution < 1.29 is 135 Å². The Morgan fingerprint density at radius 3 is 0.922 bits per heavy atom. The van der Waals surface area contributed by atoms with Gasteiger partial charge in [-0.25, -0.2) is 0 Å². The molecular weight excluding hydrogens is 1450 g/mol. The van der Waals surface area contributed by atoms with Gasteiger partial charge in [0.25, 0.3) is 0 Å². The van der Waals surface area contributed by atoms with Gasteiger partial charge in [0.2, 0.25) is 0 Å². The third-order valence-electron chi connectivity index (χ3n) is 21.9. The molecule has 5 saturated heterocycles. The van der Waals surface area contributed by atoms with Gasteiger partial charge in [-0.3, -0.25) is 24.5 Å². The number of benzene rings is 5. The Hall–Kier alpha value is -6.30. The standard InChI is InChI=1S/5C19H29NO3/c5*1-12(2)7-14-11-20-6-5-13-8-18(22-3)19(23-4)9-15(13)16(20)10-17(14)21/h5*8-9,12,14,16-17,21H,5-7,10-11H2,1-4H3/i1D3,4D3,7D2,8D,9D,10D2,12D,14D,17D;1D3,7D2,8D,9D,10D2,12D,14D,17D;4D3,8D,9D,10D2,14D,17D;4D3,8D,9D,16D;8D,9D,16D. The summed E-state index contributed by atoms with van der Waals surface area (Å²) in [5.41, 5.74) is 2.12. The molecule has 10 aliphatic rings. The van der Waals surface area contributed by atoms with Gasteiger partial charge < -0.3 is 72.9 Å². The zero-order chi connectivity index (χ0) is 122. The first-order valence-electron chi connectivity index (χ1n) is 61.5. The van der Waals surface area contributed by atoms with E-state index in [1.54, 1.807) is 4.90 Å². The highest BCUT2D eigenvalue weighted by molar-refractivity contribution is 5.54. The predicted octanol–water partition coefficient (Wildman–Crippen LogP) is 15.1. The van der Waals surface area contributed by atoms with Gasteiger partial charge in [-0.1, -0.05) is 69.1 Å². The summed E-state index contributed by atoms with van der Waals surface area (Å²) in [6, 6.07) is -9.51. The Bertz CT molecular complexity index is 6210. The van der Waals surface area contributed by atoms with E-state index >= 15 is 0 Å². The maximum Gasteiger partial charge on any atom is 0.161 e. The third kappa shape index (κ3) is 21.1. The largest absolute Gasteiger partial charge is 0.493 e. The summed E-state index contributed by atoms with van der Waals surface area (Å²) >= 11 is 0. The lowest BCUT2D eigenvalue weighted by Crippen LogP contribution is -2.48. The summed E-state index contributed by atoms with van der Waals surface area (Å²) in [7, 11) is 0.269. The van der Waals surface area contributed by atoms with Crippen LogP contribution in [0.15, 0.2) is 60.4 Å². The number of methoxy groups -OCH3 is 10. The van der Waals surface area contributed by atoms with E-state index in [9.17, 15) is 26.9 Å². The van der Waals surface area contributed by atoms with Gasteiger partial charge in [-0.15, -0.1) is 0 Å². The number of hydrogen-bond acceptors (Lipinski definition) is 20. The van der Waals surface area contributed by atoms with Crippen molar-refractivity contribution in [2.75, 3.05) is 136 Å². The molecule has 0 spiro atoms. The molecule has 0 radical (unpaired) electrons. The molecule has 0 aliphatic carbocycles. The van der Waals surface area contributed by atoms with Gasteiger partial charge in [0, 0.05) is 124 Å². The number of fused-ring (bicyclic) bond motifs is 15. The van der Waals surface area contributed by atoms with Crippen LogP contribution in [0.25, 0.3) is 0 Å². The number of hydrogen-bond donors (Lipinski definition) is 5. The van der Waals surface area contributed by atoms with Gasteiger partial charge >= 0.3 is 0 Å². The highest BCUT2D eigenvalue weighted by Crippen LogP contribution is 2.50. The van der Waals surface area contributed by atoms with Crippen LogP contribution in [0.1, 0.15) is 281 Å². The van der Waals surface area contributed by atoms with Gasteiger partial charge in [0.05, 0.1) is 134 Å². The maximum atomic E-state index is 11.3. The Labute approximate surface area is 752 Å². The summed E-state index contributed by atoms with van der Waals surface area (Å²) in [6.07, 6.45) is -23.8. The summed E-state index contributed by atoms with van der Waals surface area (Å²) in [4.78, 5) is 8.05. The first kappa shape index (κ1) is 47.1. The van der Waals surface area contributed by atoms with Gasteiger partial charge in [0.1, 0.15) is 0 Å². The van der Waals surface area contributed by atoms with E-state index in [4.69, 9.17) is 108 Å². The van der Waals surface area contributed by atoms with Crippen LogP contribution in [0, 0.1) is 59.1 Å². The summed E-state index contributed by atoms with van der Waals surface area (Å²) in [6.45, 7) is 7.61. The number of rotatable bonds is 20. The van der Waals surface area contributed by atoms with Crippen LogP contribution in [0.5, 0.6) is 57.5 Å². The van der Waals surface area contributed by atoms with Crippen LogP contribution in [-0.2, 0) is 32.1 Å². The van der Waals surface area contributed by atoms with Crippen molar-refractivity contribution >= 4 is 0 Å². The Morgan fingerprint density at radius 1 is 0.374 bits per heavy atom.